The summed E-state index contributed by atoms with van der Waals surface area (Å²) in [6.07, 6.45) is 1.38. The van der Waals surface area contributed by atoms with Gasteiger partial charge in [-0.25, -0.2) is 8.42 Å². The van der Waals surface area contributed by atoms with Crippen LogP contribution < -0.4 is 4.90 Å². The fourth-order valence-corrected chi connectivity index (χ4v) is 7.27. The van der Waals surface area contributed by atoms with Gasteiger partial charge in [-0.1, -0.05) is 18.2 Å². The van der Waals surface area contributed by atoms with E-state index in [1.165, 1.54) is 21.1 Å². The molecule has 0 unspecified atom stereocenters. The predicted octanol–water partition coefficient (Wildman–Crippen LogP) is 3.06. The molecule has 1 atom stereocenters. The highest BCUT2D eigenvalue weighted by molar-refractivity contribution is 7.89. The van der Waals surface area contributed by atoms with Crippen LogP contribution in [0.3, 0.4) is 0 Å². The number of hydrogen-bond donors (Lipinski definition) is 0. The smallest absolute Gasteiger partial charge is 0.245 e. The molecule has 2 aromatic carbocycles. The molecule has 0 aliphatic carbocycles. The second-order valence-corrected chi connectivity index (χ2v) is 11.6. The Morgan fingerprint density at radius 3 is 2.56 bits per heavy atom. The maximum atomic E-state index is 13.4. The monoisotopic (exact) mass is 499 g/mol. The number of hydrogen-bond acceptors (Lipinski definition) is 7. The average Bonchev–Trinajstić information content (AvgIpc) is 3.34. The average molecular weight is 500 g/mol. The van der Waals surface area contributed by atoms with Gasteiger partial charge in [0.2, 0.25) is 15.9 Å². The molecule has 2 saturated heterocycles. The van der Waals surface area contributed by atoms with Gasteiger partial charge in [-0.3, -0.25) is 4.79 Å². The van der Waals surface area contributed by atoms with Crippen LogP contribution in [-0.2, 0) is 14.8 Å². The quantitative estimate of drug-likeness (QED) is 0.548. The van der Waals surface area contributed by atoms with E-state index in [-0.39, 0.29) is 23.3 Å². The molecule has 2 aliphatic rings. The number of benzene rings is 2. The number of carbonyl (C=O) groups is 1. The van der Waals surface area contributed by atoms with Gasteiger partial charge < -0.3 is 9.80 Å². The van der Waals surface area contributed by atoms with E-state index in [0.29, 0.717) is 43.5 Å². The molecular formula is C24H29N5O3S2. The summed E-state index contributed by atoms with van der Waals surface area (Å²) in [4.78, 5) is 17.8. The molecule has 1 aromatic heterocycles. The number of amides is 1. The topological polar surface area (TPSA) is 86.7 Å². The van der Waals surface area contributed by atoms with E-state index in [1.54, 1.807) is 18.2 Å². The summed E-state index contributed by atoms with van der Waals surface area (Å²) in [5, 5.41) is 0. The van der Waals surface area contributed by atoms with Gasteiger partial charge in [-0.15, -0.1) is 0 Å². The Morgan fingerprint density at radius 1 is 1.00 bits per heavy atom. The first-order valence-electron chi connectivity index (χ1n) is 11.7. The minimum Gasteiger partial charge on any atom is -0.368 e. The standard InChI is InChI=1S/C24H29N5O3S2/c1-17-6-3-9-21(18(17)2)27-12-14-28(15-13-27)24(30)19-7-5-11-29(16-19)34(31,32)22-10-4-8-20-23(22)26-33-25-20/h3-4,6,8-10,19H,5,7,11-16H2,1-2H3/t19-/m0/s1. The van der Waals surface area contributed by atoms with E-state index < -0.39 is 10.0 Å². The zero-order valence-corrected chi connectivity index (χ0v) is 21.1. The molecule has 0 spiro atoms. The van der Waals surface area contributed by atoms with Crippen LogP contribution in [0.4, 0.5) is 5.69 Å². The van der Waals surface area contributed by atoms with E-state index in [2.05, 4.69) is 45.7 Å². The van der Waals surface area contributed by atoms with Crippen LogP contribution in [-0.4, -0.2) is 71.5 Å². The van der Waals surface area contributed by atoms with Crippen molar-refractivity contribution in [3.63, 3.8) is 0 Å². The first kappa shape index (κ1) is 23.2. The fraction of sp³-hybridized carbons (Fsp3) is 0.458. The molecule has 0 bridgehead atoms. The molecule has 8 nitrogen and oxygen atoms in total. The molecule has 1 amide bonds. The van der Waals surface area contributed by atoms with Gasteiger partial charge in [0.15, 0.2) is 0 Å². The highest BCUT2D eigenvalue weighted by Gasteiger charge is 2.37. The van der Waals surface area contributed by atoms with Crippen molar-refractivity contribution in [1.82, 2.24) is 18.0 Å². The molecule has 3 aromatic rings. The second kappa shape index (κ2) is 9.24. The Kier molecular flexibility index (Phi) is 6.30. The molecule has 2 aliphatic heterocycles. The van der Waals surface area contributed by atoms with Crippen LogP contribution >= 0.6 is 11.7 Å². The van der Waals surface area contributed by atoms with E-state index in [1.807, 2.05) is 4.90 Å². The van der Waals surface area contributed by atoms with Gasteiger partial charge in [-0.05, 0) is 56.0 Å². The molecule has 34 heavy (non-hydrogen) atoms. The molecule has 10 heteroatoms. The lowest BCUT2D eigenvalue weighted by molar-refractivity contribution is -0.137. The molecule has 0 saturated carbocycles. The summed E-state index contributed by atoms with van der Waals surface area (Å²) in [5.74, 6) is -0.252. The van der Waals surface area contributed by atoms with Crippen molar-refractivity contribution >= 4 is 44.4 Å². The third-order valence-electron chi connectivity index (χ3n) is 7.11. The molecule has 5 rings (SSSR count). The highest BCUT2D eigenvalue weighted by atomic mass is 32.2. The summed E-state index contributed by atoms with van der Waals surface area (Å²) in [5.41, 5.74) is 4.76. The molecule has 0 N–H and O–H groups in total. The Balaban J connectivity index is 1.27. The number of fused-ring (bicyclic) bond motifs is 1. The van der Waals surface area contributed by atoms with E-state index >= 15 is 0 Å². The van der Waals surface area contributed by atoms with Gasteiger partial charge in [0, 0.05) is 45.0 Å². The van der Waals surface area contributed by atoms with Crippen LogP contribution in [0.5, 0.6) is 0 Å². The predicted molar refractivity (Wildman–Crippen MR) is 134 cm³/mol. The first-order valence-corrected chi connectivity index (χ1v) is 13.8. The maximum absolute atomic E-state index is 13.4. The van der Waals surface area contributed by atoms with E-state index in [9.17, 15) is 13.2 Å². The molecule has 0 radical (unpaired) electrons. The number of carbonyl (C=O) groups excluding carboxylic acids is 1. The minimum absolute atomic E-state index is 0.0639. The van der Waals surface area contributed by atoms with Gasteiger partial charge in [0.05, 0.1) is 17.6 Å². The SMILES string of the molecule is Cc1cccc(N2CCN(C(=O)[C@H]3CCCN(S(=O)(=O)c4cccc5nsnc45)C3)CC2)c1C. The van der Waals surface area contributed by atoms with Crippen LogP contribution in [0.25, 0.3) is 11.0 Å². The summed E-state index contributed by atoms with van der Waals surface area (Å²) >= 11 is 1.01. The van der Waals surface area contributed by atoms with Crippen molar-refractivity contribution in [3.8, 4) is 0 Å². The Hall–Kier alpha value is -2.56. The molecule has 180 valence electrons. The first-order chi connectivity index (χ1) is 16.4. The van der Waals surface area contributed by atoms with Crippen LogP contribution in [0.1, 0.15) is 24.0 Å². The molecule has 2 fully saturated rings. The zero-order chi connectivity index (χ0) is 23.9. The van der Waals surface area contributed by atoms with Crippen molar-refractivity contribution in [3.05, 3.63) is 47.5 Å². The van der Waals surface area contributed by atoms with Gasteiger partial charge >= 0.3 is 0 Å². The Morgan fingerprint density at radius 2 is 1.76 bits per heavy atom. The third kappa shape index (κ3) is 4.18. The molecular weight excluding hydrogens is 470 g/mol. The van der Waals surface area contributed by atoms with Gasteiger partial charge in [0.1, 0.15) is 15.9 Å². The summed E-state index contributed by atoms with van der Waals surface area (Å²) < 4.78 is 36.7. The number of nitrogens with zero attached hydrogens (tertiary/aromatic N) is 5. The Labute approximate surface area is 204 Å². The second-order valence-electron chi connectivity index (χ2n) is 9.12. The largest absolute Gasteiger partial charge is 0.368 e. The highest BCUT2D eigenvalue weighted by Crippen LogP contribution is 2.29. The number of piperazine rings is 1. The number of aryl methyl sites for hydroxylation is 1. The van der Waals surface area contributed by atoms with Gasteiger partial charge in [-0.2, -0.15) is 13.1 Å². The number of sulfonamides is 1. The van der Waals surface area contributed by atoms with E-state index in [4.69, 9.17) is 0 Å². The maximum Gasteiger partial charge on any atom is 0.245 e. The lowest BCUT2D eigenvalue weighted by Crippen LogP contribution is -2.53. The number of anilines is 1. The summed E-state index contributed by atoms with van der Waals surface area (Å²) in [6, 6.07) is 11.4. The van der Waals surface area contributed by atoms with Crippen molar-refractivity contribution in [1.29, 1.82) is 0 Å². The van der Waals surface area contributed by atoms with Crippen molar-refractivity contribution in [2.24, 2.45) is 5.92 Å². The van der Waals surface area contributed by atoms with E-state index in [0.717, 1.165) is 24.8 Å². The number of rotatable bonds is 4. The summed E-state index contributed by atoms with van der Waals surface area (Å²) in [6.45, 7) is 7.76. The zero-order valence-electron chi connectivity index (χ0n) is 19.5. The van der Waals surface area contributed by atoms with Crippen LogP contribution in [0.2, 0.25) is 0 Å². The normalized spacial score (nSPS) is 20.1. The Bertz CT molecular complexity index is 1320. The van der Waals surface area contributed by atoms with Gasteiger partial charge in [0.25, 0.3) is 0 Å². The number of piperidine rings is 1. The van der Waals surface area contributed by atoms with Crippen molar-refractivity contribution in [2.75, 3.05) is 44.2 Å². The van der Waals surface area contributed by atoms with Crippen LogP contribution in [0, 0.1) is 19.8 Å². The minimum atomic E-state index is -3.75. The van der Waals surface area contributed by atoms with Crippen molar-refractivity contribution < 1.29 is 13.2 Å². The van der Waals surface area contributed by atoms with Crippen molar-refractivity contribution in [2.45, 2.75) is 31.6 Å². The third-order valence-corrected chi connectivity index (χ3v) is 9.55. The summed E-state index contributed by atoms with van der Waals surface area (Å²) in [7, 11) is -3.75. The fourth-order valence-electron chi connectivity index (χ4n) is 5.00. The lowest BCUT2D eigenvalue weighted by atomic mass is 9.97. The van der Waals surface area contributed by atoms with Crippen LogP contribution in [0.15, 0.2) is 41.3 Å². The lowest BCUT2D eigenvalue weighted by Gasteiger charge is -2.40. The molecule has 3 heterocycles. The number of aromatic nitrogens is 2.